The molecule has 2 heterocycles. The van der Waals surface area contributed by atoms with Crippen LogP contribution >= 0.6 is 11.6 Å². The van der Waals surface area contributed by atoms with E-state index in [1.165, 1.54) is 4.68 Å². The molecule has 102 valence electrons. The van der Waals surface area contributed by atoms with Gasteiger partial charge in [-0.3, -0.25) is 0 Å². The zero-order valence-electron chi connectivity index (χ0n) is 10.3. The Balaban J connectivity index is 1.80. The predicted octanol–water partition coefficient (Wildman–Crippen LogP) is 1.52. The Kier molecular flexibility index (Phi) is 3.44. The molecule has 0 saturated heterocycles. The molecule has 0 bridgehead atoms. The molecule has 0 fully saturated rings. The topological polar surface area (TPSA) is 89.9 Å². The van der Waals surface area contributed by atoms with Crippen LogP contribution in [0.4, 0.5) is 0 Å². The first-order valence-electron chi connectivity index (χ1n) is 5.83. The van der Waals surface area contributed by atoms with Crippen molar-refractivity contribution < 1.29 is 9.63 Å². The molecule has 0 atom stereocenters. The van der Waals surface area contributed by atoms with Crippen molar-refractivity contribution in [3.8, 4) is 11.4 Å². The van der Waals surface area contributed by atoms with E-state index in [0.29, 0.717) is 29.0 Å². The molecule has 0 amide bonds. The molecular weight excluding hydrogens is 282 g/mol. The van der Waals surface area contributed by atoms with Gasteiger partial charge in [0.25, 0.3) is 0 Å². The van der Waals surface area contributed by atoms with Gasteiger partial charge in [-0.1, -0.05) is 34.1 Å². The second-order valence-electron chi connectivity index (χ2n) is 4.09. The Bertz CT molecular complexity index is 724. The Morgan fingerprint density at radius 2 is 2.25 bits per heavy atom. The second-order valence-corrected chi connectivity index (χ2v) is 4.52. The summed E-state index contributed by atoms with van der Waals surface area (Å²) < 4.78 is 6.67. The lowest BCUT2D eigenvalue weighted by Gasteiger charge is -1.94. The molecule has 7 nitrogen and oxygen atoms in total. The minimum Gasteiger partial charge on any atom is -0.390 e. The van der Waals surface area contributed by atoms with Crippen molar-refractivity contribution in [3.05, 3.63) is 47.1 Å². The van der Waals surface area contributed by atoms with Gasteiger partial charge >= 0.3 is 0 Å². The lowest BCUT2D eigenvalue weighted by atomic mass is 10.2. The Hall–Kier alpha value is -2.25. The molecule has 0 spiro atoms. The lowest BCUT2D eigenvalue weighted by molar-refractivity contribution is 0.276. The summed E-state index contributed by atoms with van der Waals surface area (Å²) in [5, 5.41) is 21.0. The van der Waals surface area contributed by atoms with Crippen molar-refractivity contribution in [2.75, 3.05) is 0 Å². The Morgan fingerprint density at radius 1 is 1.35 bits per heavy atom. The van der Waals surface area contributed by atoms with Crippen LogP contribution in [0.2, 0.25) is 5.02 Å². The highest BCUT2D eigenvalue weighted by Crippen LogP contribution is 2.20. The van der Waals surface area contributed by atoms with E-state index in [0.717, 1.165) is 5.56 Å². The molecule has 1 aromatic carbocycles. The Labute approximate surface area is 118 Å². The molecule has 0 saturated carbocycles. The van der Waals surface area contributed by atoms with Crippen LogP contribution in [0.5, 0.6) is 0 Å². The molecule has 0 radical (unpaired) electrons. The van der Waals surface area contributed by atoms with Crippen LogP contribution in [-0.2, 0) is 13.2 Å². The summed E-state index contributed by atoms with van der Waals surface area (Å²) in [7, 11) is 0. The molecule has 3 aromatic rings. The van der Waals surface area contributed by atoms with Gasteiger partial charge in [0, 0.05) is 10.6 Å². The van der Waals surface area contributed by atoms with E-state index in [1.54, 1.807) is 18.3 Å². The molecule has 0 unspecified atom stereocenters. The lowest BCUT2D eigenvalue weighted by Crippen LogP contribution is -2.00. The van der Waals surface area contributed by atoms with Crippen molar-refractivity contribution in [2.24, 2.45) is 0 Å². The molecule has 2 aromatic heterocycles. The highest BCUT2D eigenvalue weighted by Gasteiger charge is 2.10. The monoisotopic (exact) mass is 291 g/mol. The van der Waals surface area contributed by atoms with Gasteiger partial charge in [-0.05, 0) is 12.1 Å². The summed E-state index contributed by atoms with van der Waals surface area (Å²) in [6.07, 6.45) is 1.61. The summed E-state index contributed by atoms with van der Waals surface area (Å²) in [5.41, 5.74) is 1.27. The summed E-state index contributed by atoms with van der Waals surface area (Å²) in [6.45, 7) is 0.137. The summed E-state index contributed by atoms with van der Waals surface area (Å²) >= 11 is 5.92. The average molecular weight is 292 g/mol. The fourth-order valence-electron chi connectivity index (χ4n) is 1.69. The van der Waals surface area contributed by atoms with E-state index in [-0.39, 0.29) is 6.61 Å². The third kappa shape index (κ3) is 2.68. The van der Waals surface area contributed by atoms with Crippen molar-refractivity contribution in [1.82, 2.24) is 25.1 Å². The minimum absolute atomic E-state index is 0.155. The normalized spacial score (nSPS) is 10.9. The highest BCUT2D eigenvalue weighted by atomic mass is 35.5. The van der Waals surface area contributed by atoms with E-state index in [1.807, 2.05) is 12.1 Å². The quantitative estimate of drug-likeness (QED) is 0.784. The SMILES string of the molecule is OCc1cn(Cc2nc(-c3cccc(Cl)c3)no2)nn1. The van der Waals surface area contributed by atoms with E-state index in [4.69, 9.17) is 21.2 Å². The average Bonchev–Trinajstić information content (AvgIpc) is 3.08. The van der Waals surface area contributed by atoms with Gasteiger partial charge in [-0.2, -0.15) is 4.98 Å². The van der Waals surface area contributed by atoms with E-state index < -0.39 is 0 Å². The van der Waals surface area contributed by atoms with Crippen molar-refractivity contribution >= 4 is 11.6 Å². The zero-order chi connectivity index (χ0) is 13.9. The smallest absolute Gasteiger partial charge is 0.248 e. The van der Waals surface area contributed by atoms with E-state index in [2.05, 4.69) is 20.5 Å². The summed E-state index contributed by atoms with van der Waals surface area (Å²) in [6, 6.07) is 7.20. The maximum absolute atomic E-state index is 8.92. The highest BCUT2D eigenvalue weighted by molar-refractivity contribution is 6.30. The number of hydrogen-bond donors (Lipinski definition) is 1. The van der Waals surface area contributed by atoms with Crippen LogP contribution in [0.25, 0.3) is 11.4 Å². The predicted molar refractivity (Wildman–Crippen MR) is 69.8 cm³/mol. The molecule has 8 heteroatoms. The molecule has 1 N–H and O–H groups in total. The number of aromatic nitrogens is 5. The summed E-state index contributed by atoms with van der Waals surface area (Å²) in [5.74, 6) is 0.861. The van der Waals surface area contributed by atoms with E-state index >= 15 is 0 Å². The number of benzene rings is 1. The molecule has 3 rings (SSSR count). The van der Waals surface area contributed by atoms with Crippen molar-refractivity contribution in [2.45, 2.75) is 13.2 Å². The van der Waals surface area contributed by atoms with Gasteiger partial charge < -0.3 is 9.63 Å². The molecule has 0 aliphatic heterocycles. The van der Waals surface area contributed by atoms with Crippen molar-refractivity contribution in [1.29, 1.82) is 0 Å². The number of nitrogens with zero attached hydrogens (tertiary/aromatic N) is 5. The van der Waals surface area contributed by atoms with Gasteiger partial charge in [0.1, 0.15) is 12.2 Å². The van der Waals surface area contributed by atoms with Gasteiger partial charge in [0.05, 0.1) is 12.8 Å². The van der Waals surface area contributed by atoms with Crippen LogP contribution in [-0.4, -0.2) is 30.2 Å². The van der Waals surface area contributed by atoms with Crippen LogP contribution in [0.15, 0.2) is 35.0 Å². The standard InChI is InChI=1S/C12H10ClN5O2/c13-9-3-1-2-8(4-9)12-14-11(20-16-12)6-18-5-10(7-19)15-17-18/h1-5,19H,6-7H2. The van der Waals surface area contributed by atoms with Crippen molar-refractivity contribution in [3.63, 3.8) is 0 Å². The van der Waals surface area contributed by atoms with Crippen LogP contribution in [0.3, 0.4) is 0 Å². The number of rotatable bonds is 4. The van der Waals surface area contributed by atoms with Gasteiger partial charge in [0.2, 0.25) is 11.7 Å². The minimum atomic E-state index is -0.155. The maximum atomic E-state index is 8.92. The van der Waals surface area contributed by atoms with Crippen LogP contribution < -0.4 is 0 Å². The summed E-state index contributed by atoms with van der Waals surface area (Å²) in [4.78, 5) is 4.26. The van der Waals surface area contributed by atoms with E-state index in [9.17, 15) is 0 Å². The first kappa shape index (κ1) is 12.8. The van der Waals surface area contributed by atoms with Crippen LogP contribution in [0, 0.1) is 0 Å². The van der Waals surface area contributed by atoms with Gasteiger partial charge in [-0.15, -0.1) is 5.10 Å². The first-order chi connectivity index (χ1) is 9.74. The zero-order valence-corrected chi connectivity index (χ0v) is 11.0. The van der Waals surface area contributed by atoms with Gasteiger partial charge in [0.15, 0.2) is 0 Å². The molecule has 20 heavy (non-hydrogen) atoms. The van der Waals surface area contributed by atoms with Crippen LogP contribution in [0.1, 0.15) is 11.6 Å². The second kappa shape index (κ2) is 5.40. The number of hydrogen-bond acceptors (Lipinski definition) is 6. The first-order valence-corrected chi connectivity index (χ1v) is 6.21. The molecule has 0 aliphatic rings. The molecule has 0 aliphatic carbocycles. The third-order valence-electron chi connectivity index (χ3n) is 2.60. The Morgan fingerprint density at radius 3 is 3.00 bits per heavy atom. The number of halogens is 1. The number of aliphatic hydroxyl groups excluding tert-OH is 1. The largest absolute Gasteiger partial charge is 0.390 e. The molecular formula is C12H10ClN5O2. The third-order valence-corrected chi connectivity index (χ3v) is 2.83. The van der Waals surface area contributed by atoms with Gasteiger partial charge in [-0.25, -0.2) is 4.68 Å². The maximum Gasteiger partial charge on any atom is 0.248 e. The number of aliphatic hydroxyl groups is 1. The fourth-order valence-corrected chi connectivity index (χ4v) is 1.88. The fraction of sp³-hybridized carbons (Fsp3) is 0.167.